The largest absolute Gasteiger partial charge is 0.360 e. The van der Waals surface area contributed by atoms with Crippen molar-refractivity contribution in [2.24, 2.45) is 4.99 Å². The molecule has 0 aliphatic carbocycles. The predicted molar refractivity (Wildman–Crippen MR) is 79.9 cm³/mol. The van der Waals surface area contributed by atoms with Gasteiger partial charge in [-0.15, -0.1) is 0 Å². The third kappa shape index (κ3) is 3.18. The van der Waals surface area contributed by atoms with Gasteiger partial charge in [-0.2, -0.15) is 0 Å². The molecule has 17 heavy (non-hydrogen) atoms. The van der Waals surface area contributed by atoms with Crippen LogP contribution in [0, 0.1) is 0 Å². The molecule has 0 unspecified atom stereocenters. The van der Waals surface area contributed by atoms with Gasteiger partial charge in [0.05, 0.1) is 5.54 Å². The molecule has 0 saturated carbocycles. The van der Waals surface area contributed by atoms with Crippen molar-refractivity contribution in [1.82, 2.24) is 5.32 Å². The minimum atomic E-state index is 0.202. The first kappa shape index (κ1) is 14.9. The summed E-state index contributed by atoms with van der Waals surface area (Å²) in [7, 11) is 0. The van der Waals surface area contributed by atoms with Gasteiger partial charge >= 0.3 is 0 Å². The zero-order valence-electron chi connectivity index (χ0n) is 12.1. The lowest BCUT2D eigenvalue weighted by Crippen LogP contribution is -2.45. The molecule has 2 nitrogen and oxygen atoms in total. The maximum Gasteiger partial charge on any atom is 0.157 e. The Hall–Kier alpha value is -0.180. The molecule has 1 heterocycles. The monoisotopic (exact) mass is 256 g/mol. The van der Waals surface area contributed by atoms with Crippen molar-refractivity contribution in [3.05, 3.63) is 0 Å². The number of nitrogens with one attached hydrogen (secondary N) is 1. The van der Waals surface area contributed by atoms with Gasteiger partial charge in [-0.3, -0.25) is 4.99 Å². The number of rotatable bonds is 6. The molecular formula is C14H28N2S. The van der Waals surface area contributed by atoms with Crippen molar-refractivity contribution in [2.75, 3.05) is 5.75 Å². The molecule has 0 aromatic heterocycles. The molecule has 1 rings (SSSR count). The zero-order chi connectivity index (χ0) is 12.9. The van der Waals surface area contributed by atoms with Crippen molar-refractivity contribution in [2.45, 2.75) is 77.8 Å². The quantitative estimate of drug-likeness (QED) is 0.770. The van der Waals surface area contributed by atoms with E-state index in [-0.39, 0.29) is 11.1 Å². The topological polar surface area (TPSA) is 24.4 Å². The third-order valence-corrected chi connectivity index (χ3v) is 5.68. The molecule has 100 valence electrons. The first-order chi connectivity index (χ1) is 8.09. The first-order valence-electron chi connectivity index (χ1n) is 7.10. The highest BCUT2D eigenvalue weighted by molar-refractivity contribution is 8.14. The van der Waals surface area contributed by atoms with Crippen LogP contribution in [0.25, 0.3) is 0 Å². The van der Waals surface area contributed by atoms with Gasteiger partial charge in [0.15, 0.2) is 5.17 Å². The summed E-state index contributed by atoms with van der Waals surface area (Å²) in [5, 5.41) is 4.89. The van der Waals surface area contributed by atoms with Crippen LogP contribution < -0.4 is 5.32 Å². The fourth-order valence-corrected chi connectivity index (χ4v) is 3.83. The predicted octanol–water partition coefficient (Wildman–Crippen LogP) is 4.21. The van der Waals surface area contributed by atoms with Crippen molar-refractivity contribution in [1.29, 1.82) is 0 Å². The Morgan fingerprint density at radius 1 is 1.12 bits per heavy atom. The summed E-state index contributed by atoms with van der Waals surface area (Å²) in [5.74, 6) is 1.15. The molecule has 0 atom stereocenters. The molecule has 0 fully saturated rings. The Labute approximate surface area is 111 Å². The molecule has 0 aromatic carbocycles. The van der Waals surface area contributed by atoms with E-state index in [0.717, 1.165) is 18.6 Å². The van der Waals surface area contributed by atoms with Crippen LogP contribution in [0.2, 0.25) is 0 Å². The molecule has 1 aliphatic heterocycles. The van der Waals surface area contributed by atoms with Gasteiger partial charge in [-0.25, -0.2) is 0 Å². The van der Waals surface area contributed by atoms with Crippen molar-refractivity contribution < 1.29 is 0 Å². The van der Waals surface area contributed by atoms with Crippen molar-refractivity contribution in [3.8, 4) is 0 Å². The summed E-state index contributed by atoms with van der Waals surface area (Å²) in [6.07, 6.45) is 5.82. The van der Waals surface area contributed by atoms with Crippen molar-refractivity contribution >= 4 is 16.9 Å². The molecular weight excluding hydrogens is 228 g/mol. The molecule has 3 heteroatoms. The Bertz CT molecular complexity index is 257. The fraction of sp³-hybridized carbons (Fsp3) is 0.929. The zero-order valence-corrected chi connectivity index (χ0v) is 12.9. The second kappa shape index (κ2) is 6.12. The molecule has 0 spiro atoms. The average molecular weight is 256 g/mol. The van der Waals surface area contributed by atoms with Crippen LogP contribution in [0.15, 0.2) is 4.99 Å². The molecule has 0 aromatic rings. The summed E-state index contributed by atoms with van der Waals surface area (Å²) < 4.78 is 0. The lowest BCUT2D eigenvalue weighted by atomic mass is 9.90. The minimum absolute atomic E-state index is 0.202. The van der Waals surface area contributed by atoms with E-state index in [9.17, 15) is 0 Å². The number of hydrogen-bond donors (Lipinski definition) is 1. The van der Waals surface area contributed by atoms with Gasteiger partial charge in [-0.1, -0.05) is 46.4 Å². The van der Waals surface area contributed by atoms with Crippen LogP contribution in [0.1, 0.15) is 66.7 Å². The fourth-order valence-electron chi connectivity index (χ4n) is 2.40. The van der Waals surface area contributed by atoms with Gasteiger partial charge in [0, 0.05) is 11.3 Å². The summed E-state index contributed by atoms with van der Waals surface area (Å²) in [5.41, 5.74) is 0.456. The number of amidine groups is 1. The molecule has 0 bridgehead atoms. The van der Waals surface area contributed by atoms with E-state index in [1.165, 1.54) is 24.4 Å². The molecule has 0 saturated heterocycles. The van der Waals surface area contributed by atoms with Crippen LogP contribution >= 0.6 is 11.8 Å². The van der Waals surface area contributed by atoms with Gasteiger partial charge in [0.1, 0.15) is 0 Å². The second-order valence-electron chi connectivity index (χ2n) is 5.10. The van der Waals surface area contributed by atoms with Crippen LogP contribution in [0.3, 0.4) is 0 Å². The van der Waals surface area contributed by atoms with Crippen LogP contribution in [-0.4, -0.2) is 22.0 Å². The maximum atomic E-state index is 4.95. The number of hydrogen-bond acceptors (Lipinski definition) is 3. The van der Waals surface area contributed by atoms with Crippen LogP contribution in [0.4, 0.5) is 0 Å². The summed E-state index contributed by atoms with van der Waals surface area (Å²) in [6, 6.07) is 0. The third-order valence-electron chi connectivity index (χ3n) is 4.53. The number of aliphatic imine (C=N–C) groups is 1. The highest BCUT2D eigenvalue weighted by atomic mass is 32.2. The number of thioether (sulfide) groups is 1. The Balaban J connectivity index is 2.76. The van der Waals surface area contributed by atoms with E-state index in [1.54, 1.807) is 0 Å². The van der Waals surface area contributed by atoms with E-state index in [4.69, 9.17) is 4.99 Å². The Kier molecular flexibility index (Phi) is 5.36. The summed E-state index contributed by atoms with van der Waals surface area (Å²) in [4.78, 5) is 4.95. The lowest BCUT2D eigenvalue weighted by Gasteiger charge is -2.32. The average Bonchev–Trinajstić information content (AvgIpc) is 2.80. The molecule has 1 N–H and O–H groups in total. The van der Waals surface area contributed by atoms with Gasteiger partial charge in [0.2, 0.25) is 0 Å². The first-order valence-corrected chi connectivity index (χ1v) is 8.08. The van der Waals surface area contributed by atoms with Crippen LogP contribution in [0.5, 0.6) is 0 Å². The molecule has 0 amide bonds. The van der Waals surface area contributed by atoms with Gasteiger partial charge in [0.25, 0.3) is 0 Å². The maximum absolute atomic E-state index is 4.95. The second-order valence-corrected chi connectivity index (χ2v) is 6.07. The minimum Gasteiger partial charge on any atom is -0.360 e. The molecule has 0 radical (unpaired) electrons. The number of nitrogens with zero attached hydrogens (tertiary/aromatic N) is 1. The summed E-state index contributed by atoms with van der Waals surface area (Å²) in [6.45, 7) is 11.3. The van der Waals surface area contributed by atoms with E-state index in [2.05, 4.69) is 39.9 Å². The van der Waals surface area contributed by atoms with E-state index >= 15 is 0 Å². The van der Waals surface area contributed by atoms with E-state index in [0.29, 0.717) is 0 Å². The Morgan fingerprint density at radius 3 is 2.00 bits per heavy atom. The molecule has 1 aliphatic rings. The van der Waals surface area contributed by atoms with Gasteiger partial charge in [-0.05, 0) is 32.1 Å². The highest BCUT2D eigenvalue weighted by Crippen LogP contribution is 2.34. The van der Waals surface area contributed by atoms with Crippen LogP contribution in [-0.2, 0) is 0 Å². The van der Waals surface area contributed by atoms with Crippen molar-refractivity contribution in [3.63, 3.8) is 0 Å². The standard InChI is InChI=1S/C14H28N2S/c1-6-13(7-2,8-3)15-12-16-14(9-4,10-5)11-17-12/h6-11H2,1-5H3,(H,15,16). The smallest absolute Gasteiger partial charge is 0.157 e. The highest BCUT2D eigenvalue weighted by Gasteiger charge is 2.34. The normalized spacial score (nSPS) is 19.2. The lowest BCUT2D eigenvalue weighted by molar-refractivity contribution is 0.340. The van der Waals surface area contributed by atoms with Gasteiger partial charge < -0.3 is 5.32 Å². The SMILES string of the molecule is CCC1(CC)CSC(NC(CC)(CC)CC)=N1. The van der Waals surface area contributed by atoms with E-state index in [1.807, 2.05) is 11.8 Å². The Morgan fingerprint density at radius 2 is 1.65 bits per heavy atom. The van der Waals surface area contributed by atoms with E-state index < -0.39 is 0 Å². The summed E-state index contributed by atoms with van der Waals surface area (Å²) >= 11 is 1.91.